The van der Waals surface area contributed by atoms with Crippen molar-refractivity contribution in [1.82, 2.24) is 10.2 Å². The van der Waals surface area contributed by atoms with Gasteiger partial charge in [0, 0.05) is 20.1 Å². The molecule has 0 radical (unpaired) electrons. The average molecular weight is 280 g/mol. The number of para-hydroxylation sites is 1. The molecule has 1 rings (SSSR count). The highest BCUT2D eigenvalue weighted by molar-refractivity contribution is 5.77. The molecule has 0 heterocycles. The first kappa shape index (κ1) is 16.5. The number of carbonyl (C=O) groups is 1. The largest absolute Gasteiger partial charge is 0.491 e. The highest BCUT2D eigenvalue weighted by Gasteiger charge is 2.09. The van der Waals surface area contributed by atoms with E-state index in [4.69, 9.17) is 4.74 Å². The van der Waals surface area contributed by atoms with Crippen LogP contribution in [0.5, 0.6) is 5.75 Å². The molecule has 0 saturated carbocycles. The van der Waals surface area contributed by atoms with Crippen LogP contribution in [0.15, 0.2) is 24.3 Å². The molecule has 1 aromatic carbocycles. The van der Waals surface area contributed by atoms with Gasteiger partial charge in [-0.05, 0) is 25.5 Å². The minimum atomic E-state index is -0.644. The van der Waals surface area contributed by atoms with Gasteiger partial charge in [0.1, 0.15) is 18.5 Å². The zero-order valence-electron chi connectivity index (χ0n) is 12.4. The summed E-state index contributed by atoms with van der Waals surface area (Å²) >= 11 is 0. The number of benzene rings is 1. The SMILES string of the molecule is CCN(C)C(=O)CNCC(O)COc1ccccc1C. The van der Waals surface area contributed by atoms with E-state index in [0.29, 0.717) is 13.1 Å². The number of hydrogen-bond donors (Lipinski definition) is 2. The number of nitrogens with zero attached hydrogens (tertiary/aromatic N) is 1. The van der Waals surface area contributed by atoms with E-state index in [2.05, 4.69) is 5.32 Å². The summed E-state index contributed by atoms with van der Waals surface area (Å²) in [6.45, 7) is 5.32. The standard InChI is InChI=1S/C15H24N2O3/c1-4-17(3)15(19)10-16-9-13(18)11-20-14-8-6-5-7-12(14)2/h5-8,13,16,18H,4,9-11H2,1-3H3. The van der Waals surface area contributed by atoms with Crippen LogP contribution in [0.25, 0.3) is 0 Å². The van der Waals surface area contributed by atoms with Crippen molar-refractivity contribution in [2.24, 2.45) is 0 Å². The molecule has 0 aliphatic rings. The van der Waals surface area contributed by atoms with Crippen molar-refractivity contribution in [2.75, 3.05) is 33.3 Å². The van der Waals surface area contributed by atoms with Gasteiger partial charge < -0.3 is 20.1 Å². The Kier molecular flexibility index (Phi) is 7.04. The number of aliphatic hydroxyl groups is 1. The first-order chi connectivity index (χ1) is 9.54. The number of ether oxygens (including phenoxy) is 1. The number of carbonyl (C=O) groups excluding carboxylic acids is 1. The normalized spacial score (nSPS) is 12.0. The lowest BCUT2D eigenvalue weighted by atomic mass is 10.2. The third-order valence-electron chi connectivity index (χ3n) is 3.08. The molecule has 0 aromatic heterocycles. The summed E-state index contributed by atoms with van der Waals surface area (Å²) in [5.74, 6) is 0.785. The molecule has 0 bridgehead atoms. The minimum absolute atomic E-state index is 0.0134. The first-order valence-electron chi connectivity index (χ1n) is 6.85. The molecule has 1 aromatic rings. The quantitative estimate of drug-likeness (QED) is 0.739. The Hall–Kier alpha value is -1.59. The average Bonchev–Trinajstić information content (AvgIpc) is 2.45. The summed E-state index contributed by atoms with van der Waals surface area (Å²) in [6.07, 6.45) is -0.644. The van der Waals surface area contributed by atoms with Gasteiger partial charge in [0.25, 0.3) is 0 Å². The van der Waals surface area contributed by atoms with Crippen LogP contribution >= 0.6 is 0 Å². The lowest BCUT2D eigenvalue weighted by Gasteiger charge is -2.17. The molecule has 1 amide bonds. The first-order valence-corrected chi connectivity index (χ1v) is 6.85. The molecule has 2 N–H and O–H groups in total. The van der Waals surface area contributed by atoms with Crippen LogP contribution in [0, 0.1) is 6.92 Å². The predicted molar refractivity (Wildman–Crippen MR) is 78.9 cm³/mol. The smallest absolute Gasteiger partial charge is 0.236 e. The second-order valence-corrected chi connectivity index (χ2v) is 4.77. The minimum Gasteiger partial charge on any atom is -0.491 e. The molecule has 0 aliphatic heterocycles. The molecule has 0 fully saturated rings. The van der Waals surface area contributed by atoms with Gasteiger partial charge in [-0.1, -0.05) is 18.2 Å². The van der Waals surface area contributed by atoms with E-state index in [1.54, 1.807) is 11.9 Å². The van der Waals surface area contributed by atoms with Gasteiger partial charge in [0.05, 0.1) is 6.54 Å². The van der Waals surface area contributed by atoms with E-state index < -0.39 is 6.10 Å². The lowest BCUT2D eigenvalue weighted by Crippen LogP contribution is -2.39. The number of likely N-dealkylation sites (N-methyl/N-ethyl adjacent to an activating group) is 1. The van der Waals surface area contributed by atoms with E-state index in [1.165, 1.54) is 0 Å². The summed E-state index contributed by atoms with van der Waals surface area (Å²) in [5.41, 5.74) is 1.03. The molecular weight excluding hydrogens is 256 g/mol. The van der Waals surface area contributed by atoms with Crippen LogP contribution in [0.2, 0.25) is 0 Å². The van der Waals surface area contributed by atoms with Crippen molar-refractivity contribution in [3.05, 3.63) is 29.8 Å². The van der Waals surface area contributed by atoms with Crippen molar-refractivity contribution >= 4 is 5.91 Å². The van der Waals surface area contributed by atoms with E-state index in [9.17, 15) is 9.90 Å². The monoisotopic (exact) mass is 280 g/mol. The Morgan fingerprint density at radius 3 is 2.80 bits per heavy atom. The van der Waals surface area contributed by atoms with Gasteiger partial charge in [0.15, 0.2) is 0 Å². The Morgan fingerprint density at radius 1 is 1.45 bits per heavy atom. The Bertz CT molecular complexity index is 423. The number of aliphatic hydroxyl groups excluding tert-OH is 1. The fourth-order valence-corrected chi connectivity index (χ4v) is 1.62. The number of rotatable bonds is 8. The van der Waals surface area contributed by atoms with E-state index in [1.807, 2.05) is 38.1 Å². The van der Waals surface area contributed by atoms with Crippen LogP contribution in [0.4, 0.5) is 0 Å². The van der Waals surface area contributed by atoms with Crippen molar-refractivity contribution in [2.45, 2.75) is 20.0 Å². The van der Waals surface area contributed by atoms with E-state index in [0.717, 1.165) is 11.3 Å². The molecule has 0 spiro atoms. The number of nitrogens with one attached hydrogen (secondary N) is 1. The lowest BCUT2D eigenvalue weighted by molar-refractivity contribution is -0.128. The number of hydrogen-bond acceptors (Lipinski definition) is 4. The van der Waals surface area contributed by atoms with Crippen LogP contribution < -0.4 is 10.1 Å². The second-order valence-electron chi connectivity index (χ2n) is 4.77. The summed E-state index contributed by atoms with van der Waals surface area (Å²) in [4.78, 5) is 13.2. The molecule has 0 aliphatic carbocycles. The Labute approximate surface area is 120 Å². The molecular formula is C15H24N2O3. The molecule has 1 unspecified atom stereocenters. The van der Waals surface area contributed by atoms with Gasteiger partial charge in [-0.2, -0.15) is 0 Å². The van der Waals surface area contributed by atoms with Gasteiger partial charge in [0.2, 0.25) is 5.91 Å². The number of amides is 1. The zero-order chi connectivity index (χ0) is 15.0. The van der Waals surface area contributed by atoms with Gasteiger partial charge >= 0.3 is 0 Å². The molecule has 112 valence electrons. The fraction of sp³-hybridized carbons (Fsp3) is 0.533. The van der Waals surface area contributed by atoms with Gasteiger partial charge in [-0.15, -0.1) is 0 Å². The topological polar surface area (TPSA) is 61.8 Å². The Balaban J connectivity index is 2.23. The maximum atomic E-state index is 11.5. The molecule has 20 heavy (non-hydrogen) atoms. The van der Waals surface area contributed by atoms with Crippen LogP contribution in [-0.4, -0.2) is 55.3 Å². The van der Waals surface area contributed by atoms with Crippen molar-refractivity contribution in [3.8, 4) is 5.75 Å². The summed E-state index contributed by atoms with van der Waals surface area (Å²) in [5, 5.41) is 12.7. The van der Waals surface area contributed by atoms with Gasteiger partial charge in [-0.25, -0.2) is 0 Å². The number of aryl methyl sites for hydroxylation is 1. The van der Waals surface area contributed by atoms with Crippen molar-refractivity contribution < 1.29 is 14.6 Å². The summed E-state index contributed by atoms with van der Waals surface area (Å²) in [7, 11) is 1.75. The van der Waals surface area contributed by atoms with Crippen LogP contribution in [0.3, 0.4) is 0 Å². The van der Waals surface area contributed by atoms with E-state index >= 15 is 0 Å². The molecule has 5 heteroatoms. The summed E-state index contributed by atoms with van der Waals surface area (Å²) < 4.78 is 5.54. The van der Waals surface area contributed by atoms with E-state index in [-0.39, 0.29) is 19.1 Å². The molecule has 1 atom stereocenters. The molecule has 5 nitrogen and oxygen atoms in total. The highest BCUT2D eigenvalue weighted by Crippen LogP contribution is 2.16. The molecule has 0 saturated heterocycles. The van der Waals surface area contributed by atoms with Crippen LogP contribution in [-0.2, 0) is 4.79 Å². The highest BCUT2D eigenvalue weighted by atomic mass is 16.5. The predicted octanol–water partition coefficient (Wildman–Crippen LogP) is 0.803. The zero-order valence-corrected chi connectivity index (χ0v) is 12.4. The van der Waals surface area contributed by atoms with Crippen molar-refractivity contribution in [1.29, 1.82) is 0 Å². The third kappa shape index (κ3) is 5.59. The third-order valence-corrected chi connectivity index (χ3v) is 3.08. The summed E-state index contributed by atoms with van der Waals surface area (Å²) in [6, 6.07) is 7.66. The fourth-order valence-electron chi connectivity index (χ4n) is 1.62. The Morgan fingerprint density at radius 2 is 2.15 bits per heavy atom. The van der Waals surface area contributed by atoms with Crippen LogP contribution in [0.1, 0.15) is 12.5 Å². The van der Waals surface area contributed by atoms with Gasteiger partial charge in [-0.3, -0.25) is 4.79 Å². The maximum absolute atomic E-state index is 11.5. The maximum Gasteiger partial charge on any atom is 0.236 e. The second kappa shape index (κ2) is 8.55. The van der Waals surface area contributed by atoms with Crippen molar-refractivity contribution in [3.63, 3.8) is 0 Å².